The number of phenolic OH excluding ortho intramolecular Hbond substituents is 1. The third-order valence-corrected chi connectivity index (χ3v) is 3.91. The van der Waals surface area contributed by atoms with Crippen molar-refractivity contribution in [3.8, 4) is 5.75 Å². The second kappa shape index (κ2) is 5.64. The maximum atomic E-state index is 11.9. The minimum atomic E-state index is -0.118. The lowest BCUT2D eigenvalue weighted by Gasteiger charge is -2.20. The number of phenols is 1. The summed E-state index contributed by atoms with van der Waals surface area (Å²) >= 11 is 0. The summed E-state index contributed by atoms with van der Waals surface area (Å²) in [6.07, 6.45) is 0.597. The summed E-state index contributed by atoms with van der Waals surface area (Å²) in [5.41, 5.74) is 3.65. The van der Waals surface area contributed by atoms with E-state index >= 15 is 0 Å². The first-order chi connectivity index (χ1) is 10.6. The van der Waals surface area contributed by atoms with Crippen LogP contribution in [0.5, 0.6) is 5.75 Å². The first-order valence-electron chi connectivity index (χ1n) is 7.28. The average molecular weight is 294 g/mol. The molecule has 1 unspecified atom stereocenters. The Kier molecular flexibility index (Phi) is 3.67. The number of aromatic hydroxyl groups is 1. The molecule has 3 rings (SSSR count). The molecule has 1 N–H and O–H groups in total. The molecule has 4 nitrogen and oxygen atoms in total. The summed E-state index contributed by atoms with van der Waals surface area (Å²) in [6.45, 7) is 3.55. The molecule has 2 aromatic carbocycles. The zero-order valence-corrected chi connectivity index (χ0v) is 12.7. The van der Waals surface area contributed by atoms with E-state index in [9.17, 15) is 9.90 Å². The minimum absolute atomic E-state index is 0.101. The van der Waals surface area contributed by atoms with Gasteiger partial charge in [-0.15, -0.1) is 0 Å². The quantitative estimate of drug-likeness (QED) is 0.923. The van der Waals surface area contributed by atoms with Gasteiger partial charge in [-0.2, -0.15) is 5.10 Å². The number of nitrogens with zero attached hydrogens (tertiary/aromatic N) is 2. The topological polar surface area (TPSA) is 52.9 Å². The van der Waals surface area contributed by atoms with Gasteiger partial charge in [0.25, 0.3) is 0 Å². The number of hydrazone groups is 1. The summed E-state index contributed by atoms with van der Waals surface area (Å²) in [6, 6.07) is 15.1. The molecular formula is C18H18N2O2. The van der Waals surface area contributed by atoms with Gasteiger partial charge in [0, 0.05) is 18.9 Å². The molecule has 2 aromatic rings. The van der Waals surface area contributed by atoms with Gasteiger partial charge in [0.1, 0.15) is 5.75 Å². The Morgan fingerprint density at radius 2 is 1.86 bits per heavy atom. The third kappa shape index (κ3) is 2.60. The monoisotopic (exact) mass is 294 g/mol. The molecule has 0 radical (unpaired) electrons. The van der Waals surface area contributed by atoms with Crippen molar-refractivity contribution < 1.29 is 9.90 Å². The van der Waals surface area contributed by atoms with Crippen LogP contribution in [0.3, 0.4) is 0 Å². The van der Waals surface area contributed by atoms with Crippen LogP contribution in [0.25, 0.3) is 0 Å². The van der Waals surface area contributed by atoms with E-state index in [1.807, 2.05) is 43.3 Å². The largest absolute Gasteiger partial charge is 0.507 e. The first kappa shape index (κ1) is 14.3. The summed E-state index contributed by atoms with van der Waals surface area (Å²) in [5.74, 6) is 0.0882. The Hall–Kier alpha value is -2.62. The van der Waals surface area contributed by atoms with Crippen LogP contribution in [0, 0.1) is 6.92 Å². The Morgan fingerprint density at radius 3 is 2.50 bits per heavy atom. The van der Waals surface area contributed by atoms with E-state index in [1.165, 1.54) is 17.5 Å². The van der Waals surface area contributed by atoms with Crippen molar-refractivity contribution in [1.29, 1.82) is 0 Å². The molecule has 0 spiro atoms. The van der Waals surface area contributed by atoms with Crippen LogP contribution in [0.15, 0.2) is 53.6 Å². The first-order valence-corrected chi connectivity index (χ1v) is 7.28. The molecule has 1 aliphatic rings. The van der Waals surface area contributed by atoms with Crippen molar-refractivity contribution in [1.82, 2.24) is 5.01 Å². The zero-order valence-electron chi connectivity index (χ0n) is 12.7. The van der Waals surface area contributed by atoms with Crippen LogP contribution < -0.4 is 0 Å². The number of hydrogen-bond donors (Lipinski definition) is 1. The fraction of sp³-hybridized carbons (Fsp3) is 0.222. The molecule has 22 heavy (non-hydrogen) atoms. The third-order valence-electron chi connectivity index (χ3n) is 3.91. The number of hydrogen-bond acceptors (Lipinski definition) is 3. The van der Waals surface area contributed by atoms with E-state index in [0.29, 0.717) is 12.0 Å². The van der Waals surface area contributed by atoms with E-state index < -0.39 is 0 Å². The Bertz CT molecular complexity index is 735. The maximum Gasteiger partial charge on any atom is 0.240 e. The highest BCUT2D eigenvalue weighted by Gasteiger charge is 2.32. The number of para-hydroxylation sites is 1. The minimum Gasteiger partial charge on any atom is -0.507 e. The van der Waals surface area contributed by atoms with Crippen molar-refractivity contribution in [3.63, 3.8) is 0 Å². The molecule has 1 amide bonds. The summed E-state index contributed by atoms with van der Waals surface area (Å²) in [4.78, 5) is 11.9. The van der Waals surface area contributed by atoms with Crippen molar-refractivity contribution in [3.05, 3.63) is 65.2 Å². The van der Waals surface area contributed by atoms with E-state index in [1.54, 1.807) is 12.1 Å². The number of rotatable bonds is 2. The molecule has 1 aliphatic heterocycles. The Morgan fingerprint density at radius 1 is 1.18 bits per heavy atom. The molecule has 4 heteroatoms. The van der Waals surface area contributed by atoms with Gasteiger partial charge in [-0.1, -0.05) is 42.0 Å². The zero-order chi connectivity index (χ0) is 15.7. The molecule has 0 bridgehead atoms. The van der Waals surface area contributed by atoms with Gasteiger partial charge in [0.15, 0.2) is 0 Å². The number of aryl methyl sites for hydroxylation is 1. The van der Waals surface area contributed by atoms with Gasteiger partial charge in [-0.05, 0) is 24.6 Å². The normalized spacial score (nSPS) is 17.5. The second-order valence-corrected chi connectivity index (χ2v) is 5.56. The van der Waals surface area contributed by atoms with E-state index in [4.69, 9.17) is 0 Å². The number of amides is 1. The Balaban J connectivity index is 1.96. The lowest BCUT2D eigenvalue weighted by molar-refractivity contribution is -0.130. The Labute approximate surface area is 129 Å². The molecule has 0 saturated heterocycles. The van der Waals surface area contributed by atoms with Gasteiger partial charge in [-0.3, -0.25) is 4.79 Å². The predicted molar refractivity (Wildman–Crippen MR) is 85.7 cm³/mol. The van der Waals surface area contributed by atoms with Crippen molar-refractivity contribution in [2.75, 3.05) is 0 Å². The molecule has 1 heterocycles. The summed E-state index contributed by atoms with van der Waals surface area (Å²) in [7, 11) is 0. The lowest BCUT2D eigenvalue weighted by atomic mass is 9.97. The van der Waals surface area contributed by atoms with Crippen LogP contribution in [0.2, 0.25) is 0 Å². The number of carbonyl (C=O) groups excluding carboxylic acids is 1. The van der Waals surface area contributed by atoms with Crippen LogP contribution >= 0.6 is 0 Å². The second-order valence-electron chi connectivity index (χ2n) is 5.56. The van der Waals surface area contributed by atoms with Crippen LogP contribution in [-0.4, -0.2) is 21.7 Å². The maximum absolute atomic E-state index is 11.9. The fourth-order valence-electron chi connectivity index (χ4n) is 2.73. The van der Waals surface area contributed by atoms with Gasteiger partial charge in [-0.25, -0.2) is 5.01 Å². The SMILES string of the molecule is CC(=O)N1N=C(c2ccccc2O)CC1c1ccc(C)cc1. The summed E-state index contributed by atoms with van der Waals surface area (Å²) < 4.78 is 0. The molecule has 112 valence electrons. The smallest absolute Gasteiger partial charge is 0.240 e. The molecule has 0 saturated carbocycles. The molecule has 0 aromatic heterocycles. The summed E-state index contributed by atoms with van der Waals surface area (Å²) in [5, 5.41) is 16.0. The van der Waals surface area contributed by atoms with Crippen molar-refractivity contribution in [2.24, 2.45) is 5.10 Å². The van der Waals surface area contributed by atoms with Gasteiger partial charge in [0.2, 0.25) is 5.91 Å². The number of benzene rings is 2. The van der Waals surface area contributed by atoms with E-state index in [-0.39, 0.29) is 17.7 Å². The fourth-order valence-corrected chi connectivity index (χ4v) is 2.73. The highest BCUT2D eigenvalue weighted by atomic mass is 16.3. The molecule has 0 fully saturated rings. The van der Waals surface area contributed by atoms with Crippen LogP contribution in [-0.2, 0) is 4.79 Å². The highest BCUT2D eigenvalue weighted by Crippen LogP contribution is 2.34. The van der Waals surface area contributed by atoms with Crippen molar-refractivity contribution >= 4 is 11.6 Å². The van der Waals surface area contributed by atoms with E-state index in [2.05, 4.69) is 5.10 Å². The average Bonchev–Trinajstić information content (AvgIpc) is 2.93. The number of carbonyl (C=O) groups is 1. The van der Waals surface area contributed by atoms with Gasteiger partial charge >= 0.3 is 0 Å². The molecule has 0 aliphatic carbocycles. The predicted octanol–water partition coefficient (Wildman–Crippen LogP) is 3.40. The van der Waals surface area contributed by atoms with Gasteiger partial charge < -0.3 is 5.11 Å². The molecular weight excluding hydrogens is 276 g/mol. The van der Waals surface area contributed by atoms with Crippen molar-refractivity contribution in [2.45, 2.75) is 26.3 Å². The van der Waals surface area contributed by atoms with E-state index in [0.717, 1.165) is 11.3 Å². The van der Waals surface area contributed by atoms with Crippen LogP contribution in [0.1, 0.15) is 36.1 Å². The van der Waals surface area contributed by atoms with Gasteiger partial charge in [0.05, 0.1) is 11.8 Å². The van der Waals surface area contributed by atoms with Crippen LogP contribution in [0.4, 0.5) is 0 Å². The lowest BCUT2D eigenvalue weighted by Crippen LogP contribution is -2.24. The highest BCUT2D eigenvalue weighted by molar-refractivity contribution is 6.05. The molecule has 1 atom stereocenters. The standard InChI is InChI=1S/C18H18N2O2/c1-12-7-9-14(10-8-12)17-11-16(19-20(17)13(2)21)15-5-3-4-6-18(15)22/h3-10,17,22H,11H2,1-2H3.